The summed E-state index contributed by atoms with van der Waals surface area (Å²) in [6.45, 7) is -1.64. The van der Waals surface area contributed by atoms with Crippen LogP contribution in [0.4, 0.5) is 22.1 Å². The van der Waals surface area contributed by atoms with Gasteiger partial charge in [0.25, 0.3) is 0 Å². The molecule has 3 aromatic heterocycles. The zero-order chi connectivity index (χ0) is 47.8. The van der Waals surface area contributed by atoms with Crippen LogP contribution in [0.2, 0.25) is 0 Å². The van der Waals surface area contributed by atoms with Crippen LogP contribution in [0.3, 0.4) is 0 Å². The number of aliphatic hydroxyl groups excluding tert-OH is 1. The SMILES string of the molecule is CSS[C@@H](CC[C@H](N)C(=O)O[C@H]1[C@@H](O)[C@H](n2cnc3c(N)ncnc32)O[C@@H]1COP(=O)(O)[C@H]1C[C@H](n2ccc(N)nc2=O)O[C@@H]1COP(=O)(O)O)CNC(=O)OCc1ccc(N=[N+]=[N-])cc1. The number of carbonyl (C=O) groups excluding carboxylic acids is 2. The average Bonchev–Trinajstić information content (AvgIpc) is 3.99. The van der Waals surface area contributed by atoms with E-state index in [1.54, 1.807) is 24.3 Å². The number of nitrogens with two attached hydrogens (primary N) is 3. The number of azide groups is 1. The number of benzene rings is 1. The molecule has 5 heterocycles. The molecular formula is C34H45N13O15P2S2. The van der Waals surface area contributed by atoms with Crippen molar-refractivity contribution in [3.05, 3.63) is 75.7 Å². The lowest BCUT2D eigenvalue weighted by Crippen LogP contribution is -2.43. The summed E-state index contributed by atoms with van der Waals surface area (Å²) in [5.74, 6) is -1.10. The molecule has 10 atom stereocenters. The molecule has 1 unspecified atom stereocenters. The molecular weight excluding hydrogens is 957 g/mol. The molecule has 0 saturated carbocycles. The summed E-state index contributed by atoms with van der Waals surface area (Å²) < 4.78 is 60.9. The smallest absolute Gasteiger partial charge is 0.455 e. The maximum absolute atomic E-state index is 14.0. The molecule has 11 N–H and O–H groups in total. The quantitative estimate of drug-likeness (QED) is 0.0147. The summed E-state index contributed by atoms with van der Waals surface area (Å²) in [7, 11) is -7.25. The van der Waals surface area contributed by atoms with E-state index in [4.69, 9.17) is 46.2 Å². The molecule has 2 aliphatic heterocycles. The van der Waals surface area contributed by atoms with Crippen molar-refractivity contribution >= 4 is 77.6 Å². The molecule has 32 heteroatoms. The zero-order valence-electron chi connectivity index (χ0n) is 34.5. The number of imidazole rings is 1. The number of ether oxygens (including phenoxy) is 4. The van der Waals surface area contributed by atoms with Crippen molar-refractivity contribution < 1.29 is 66.5 Å². The van der Waals surface area contributed by atoms with Crippen LogP contribution in [-0.4, -0.2) is 128 Å². The van der Waals surface area contributed by atoms with Gasteiger partial charge in [0.05, 0.1) is 31.3 Å². The number of anilines is 2. The van der Waals surface area contributed by atoms with E-state index in [0.717, 1.165) is 10.9 Å². The van der Waals surface area contributed by atoms with Crippen LogP contribution in [0.1, 0.15) is 37.3 Å². The Hall–Kier alpha value is -4.90. The largest absolute Gasteiger partial charge is 0.469 e. The molecule has 2 aliphatic rings. The number of amides is 1. The first kappa shape index (κ1) is 50.5. The number of phosphoric acid groups is 1. The number of rotatable bonds is 21. The van der Waals surface area contributed by atoms with E-state index in [-0.39, 0.29) is 47.6 Å². The van der Waals surface area contributed by atoms with Gasteiger partial charge in [0, 0.05) is 35.0 Å². The summed E-state index contributed by atoms with van der Waals surface area (Å²) in [5, 5.41) is 17.6. The Morgan fingerprint density at radius 3 is 2.50 bits per heavy atom. The van der Waals surface area contributed by atoms with Crippen molar-refractivity contribution in [2.24, 2.45) is 10.8 Å². The maximum Gasteiger partial charge on any atom is 0.469 e. The zero-order valence-corrected chi connectivity index (χ0v) is 37.9. The van der Waals surface area contributed by atoms with Gasteiger partial charge in [-0.15, -0.1) is 0 Å². The summed E-state index contributed by atoms with van der Waals surface area (Å²) >= 11 is 0. The highest BCUT2D eigenvalue weighted by atomic mass is 33.1. The van der Waals surface area contributed by atoms with E-state index in [1.807, 2.05) is 6.26 Å². The van der Waals surface area contributed by atoms with Gasteiger partial charge in [0.1, 0.15) is 48.7 Å². The minimum Gasteiger partial charge on any atom is -0.455 e. The fraction of sp³-hybridized carbons (Fsp3) is 0.500. The predicted molar refractivity (Wildman–Crippen MR) is 234 cm³/mol. The molecule has 1 aromatic carbocycles. The number of hydrogen-bond acceptors (Lipinski definition) is 22. The standard InChI is InChI=1S/C34H45N13O15P2S2/c1-65-66-19(11-39-34(51)57-12-17-2-4-18(5-3-17)44-45-38)6-7-20(35)32(49)62-28-22(61-31(27(28)48)47-16-42-26-29(37)40-15-41-30(26)47)14-58-63(52,53)23-10-25(46-9-8-24(36)43-33(46)50)60-21(23)13-59-64(54,55)56/h2-5,8-9,15-16,19-23,25,27-28,31,48H,6-7,10-14,35H2,1H3,(H,39,51)(H,52,53)(H2,36,43,50)(H2,37,40,41)(H2,54,55,56)/t19-,20-,21+,22+,23-,25+,27+,28+,31+/m0/s1. The summed E-state index contributed by atoms with van der Waals surface area (Å²) in [6.07, 6.45) is -4.34. The highest BCUT2D eigenvalue weighted by Crippen LogP contribution is 2.56. The van der Waals surface area contributed by atoms with Crippen molar-refractivity contribution in [3.8, 4) is 0 Å². The van der Waals surface area contributed by atoms with Crippen molar-refractivity contribution in [3.63, 3.8) is 0 Å². The van der Waals surface area contributed by atoms with E-state index in [1.165, 1.54) is 44.7 Å². The van der Waals surface area contributed by atoms with Crippen LogP contribution in [0.5, 0.6) is 0 Å². The van der Waals surface area contributed by atoms with E-state index < -0.39 is 101 Å². The molecule has 66 heavy (non-hydrogen) atoms. The van der Waals surface area contributed by atoms with Crippen LogP contribution in [0, 0.1) is 0 Å². The summed E-state index contributed by atoms with van der Waals surface area (Å²) in [6, 6.07) is 6.43. The number of carbonyl (C=O) groups is 2. The first-order chi connectivity index (χ1) is 31.4. The number of hydrogen-bond donors (Lipinski definition) is 8. The van der Waals surface area contributed by atoms with Crippen LogP contribution in [0.25, 0.3) is 21.6 Å². The Balaban J connectivity index is 1.13. The molecule has 28 nitrogen and oxygen atoms in total. The third-order valence-corrected chi connectivity index (χ3v) is 14.8. The number of aromatic nitrogens is 6. The lowest BCUT2D eigenvalue weighted by Gasteiger charge is -2.26. The number of esters is 1. The van der Waals surface area contributed by atoms with Gasteiger partial charge in [0.2, 0.25) is 0 Å². The van der Waals surface area contributed by atoms with Gasteiger partial charge in [-0.25, -0.2) is 29.1 Å². The van der Waals surface area contributed by atoms with E-state index >= 15 is 0 Å². The van der Waals surface area contributed by atoms with Gasteiger partial charge in [0.15, 0.2) is 23.8 Å². The topological polar surface area (TPSA) is 422 Å². The van der Waals surface area contributed by atoms with Gasteiger partial charge >= 0.3 is 33.2 Å². The highest BCUT2D eigenvalue weighted by molar-refractivity contribution is 8.76. The Bertz CT molecular complexity index is 2550. The Morgan fingerprint density at radius 1 is 1.06 bits per heavy atom. The van der Waals surface area contributed by atoms with E-state index in [9.17, 15) is 43.3 Å². The average molecular weight is 1000 g/mol. The summed E-state index contributed by atoms with van der Waals surface area (Å²) in [4.78, 5) is 87.4. The minimum atomic E-state index is -5.12. The fourth-order valence-electron chi connectivity index (χ4n) is 6.89. The fourth-order valence-corrected chi connectivity index (χ4v) is 10.8. The summed E-state index contributed by atoms with van der Waals surface area (Å²) in [5.41, 5.74) is 25.3. The van der Waals surface area contributed by atoms with Crippen molar-refractivity contribution in [2.45, 2.75) is 79.7 Å². The molecule has 0 aliphatic carbocycles. The molecule has 358 valence electrons. The third-order valence-electron chi connectivity index (χ3n) is 10.1. The number of alkyl carbamates (subject to hydrolysis) is 1. The highest BCUT2D eigenvalue weighted by Gasteiger charge is 2.52. The molecule has 6 rings (SSSR count). The molecule has 2 fully saturated rings. The second-order valence-corrected chi connectivity index (χ2v) is 20.6. The Morgan fingerprint density at radius 2 is 1.80 bits per heavy atom. The van der Waals surface area contributed by atoms with Gasteiger partial charge < -0.3 is 65.8 Å². The lowest BCUT2D eigenvalue weighted by atomic mass is 10.1. The lowest BCUT2D eigenvalue weighted by molar-refractivity contribution is -0.158. The number of nitrogen functional groups attached to an aromatic ring is 2. The molecule has 2 saturated heterocycles. The predicted octanol–water partition coefficient (Wildman–Crippen LogP) is 1.74. The number of phosphoric ester groups is 1. The van der Waals surface area contributed by atoms with Crippen LogP contribution in [-0.2, 0) is 48.5 Å². The van der Waals surface area contributed by atoms with Gasteiger partial charge in [-0.3, -0.25) is 23.0 Å². The van der Waals surface area contributed by atoms with E-state index in [2.05, 4.69) is 39.8 Å². The minimum absolute atomic E-state index is 0.00734. The first-order valence-electron chi connectivity index (χ1n) is 19.5. The van der Waals surface area contributed by atoms with Crippen molar-refractivity contribution in [1.29, 1.82) is 0 Å². The molecule has 0 spiro atoms. The molecule has 1 amide bonds. The Labute approximate surface area is 381 Å². The van der Waals surface area contributed by atoms with Gasteiger partial charge in [-0.2, -0.15) is 4.98 Å². The van der Waals surface area contributed by atoms with Crippen LogP contribution >= 0.6 is 37.0 Å². The monoisotopic (exact) mass is 1000 g/mol. The van der Waals surface area contributed by atoms with Crippen molar-refractivity contribution in [2.75, 3.05) is 37.5 Å². The number of aliphatic hydroxyl groups is 1. The van der Waals surface area contributed by atoms with E-state index in [0.29, 0.717) is 17.7 Å². The van der Waals surface area contributed by atoms with Crippen LogP contribution in [0.15, 0.2) is 59.1 Å². The van der Waals surface area contributed by atoms with Crippen LogP contribution < -0.4 is 28.2 Å². The Kier molecular flexibility index (Phi) is 17.0. The second-order valence-electron chi connectivity index (χ2n) is 14.5. The van der Waals surface area contributed by atoms with Gasteiger partial charge in [-0.05, 0) is 36.3 Å². The third kappa shape index (κ3) is 13.0. The molecule has 4 aromatic rings. The van der Waals surface area contributed by atoms with Crippen molar-refractivity contribution in [1.82, 2.24) is 34.4 Å². The number of fused-ring (bicyclic) bond motifs is 1. The second kappa shape index (κ2) is 22.3. The molecule has 0 radical (unpaired) electrons. The molecule has 0 bridgehead atoms. The number of nitrogens with one attached hydrogen (secondary N) is 1. The number of nitrogens with zero attached hydrogens (tertiary/aromatic N) is 9. The first-order valence-corrected chi connectivity index (χ1v) is 25.3. The maximum atomic E-state index is 14.0. The van der Waals surface area contributed by atoms with Gasteiger partial charge in [-0.1, -0.05) is 51.0 Å². The normalized spacial score (nSPS) is 23.7.